The lowest BCUT2D eigenvalue weighted by Crippen LogP contribution is -2.31. The molecule has 1 saturated carbocycles. The minimum atomic E-state index is -0.740. The molecular weight excluding hydrogens is 468 g/mol. The fourth-order valence-electron chi connectivity index (χ4n) is 5.27. The molecule has 1 aliphatic heterocycles. The number of likely N-dealkylation sites (tertiary alicyclic amines) is 1. The molecule has 0 unspecified atom stereocenters. The molecule has 184 valence electrons. The largest absolute Gasteiger partial charge is 0.493 e. The molecule has 2 fully saturated rings. The van der Waals surface area contributed by atoms with Crippen molar-refractivity contribution in [3.05, 3.63) is 48.4 Å². The van der Waals surface area contributed by atoms with Crippen molar-refractivity contribution >= 4 is 22.8 Å². The van der Waals surface area contributed by atoms with E-state index in [1.807, 2.05) is 7.05 Å². The highest BCUT2D eigenvalue weighted by molar-refractivity contribution is 6.01. The van der Waals surface area contributed by atoms with E-state index in [4.69, 9.17) is 9.72 Å². The second-order valence-electron chi connectivity index (χ2n) is 9.53. The van der Waals surface area contributed by atoms with E-state index in [1.165, 1.54) is 30.3 Å². The number of carbonyl (C=O) groups excluding carboxylic acids is 1. The molecule has 0 bridgehead atoms. The molecule has 1 aromatic carbocycles. The molecule has 1 amide bonds. The highest BCUT2D eigenvalue weighted by Crippen LogP contribution is 2.58. The number of aromatic nitrogens is 5. The third-order valence-corrected chi connectivity index (χ3v) is 7.07. The predicted molar refractivity (Wildman–Crippen MR) is 128 cm³/mol. The summed E-state index contributed by atoms with van der Waals surface area (Å²) in [5.41, 5.74) is 1.77. The SMILES string of the molecule is COc1cc2ncnc(-c3cn(C)nc3-c3ccc(F)cc3F)c2nc1NC(=O)[C@@]12C[C@@H]1CN(C)C2. The number of hydrogen-bond acceptors (Lipinski definition) is 7. The van der Waals surface area contributed by atoms with E-state index in [9.17, 15) is 13.6 Å². The van der Waals surface area contributed by atoms with Gasteiger partial charge in [-0.15, -0.1) is 0 Å². The van der Waals surface area contributed by atoms with Crippen LogP contribution in [-0.4, -0.2) is 62.8 Å². The summed E-state index contributed by atoms with van der Waals surface area (Å²) in [6.07, 6.45) is 3.92. The molecule has 1 saturated heterocycles. The third kappa shape index (κ3) is 3.49. The number of hydrogen-bond donors (Lipinski definition) is 1. The number of nitrogens with one attached hydrogen (secondary N) is 1. The molecule has 4 aromatic rings. The van der Waals surface area contributed by atoms with Gasteiger partial charge in [0, 0.05) is 49.6 Å². The highest BCUT2D eigenvalue weighted by atomic mass is 19.1. The van der Waals surface area contributed by atoms with Crippen molar-refractivity contribution in [3.63, 3.8) is 0 Å². The molecular formula is C25H23F2N7O2. The number of piperidine rings is 1. The van der Waals surface area contributed by atoms with E-state index in [1.54, 1.807) is 19.3 Å². The number of rotatable bonds is 5. The van der Waals surface area contributed by atoms with Crippen LogP contribution in [0.5, 0.6) is 5.75 Å². The number of benzene rings is 1. The molecule has 1 aliphatic carbocycles. The van der Waals surface area contributed by atoms with Gasteiger partial charge in [-0.25, -0.2) is 23.7 Å². The number of ether oxygens (including phenoxy) is 1. The van der Waals surface area contributed by atoms with Crippen molar-refractivity contribution in [3.8, 4) is 28.3 Å². The Balaban J connectivity index is 1.46. The molecule has 0 spiro atoms. The molecule has 6 rings (SSSR count). The van der Waals surface area contributed by atoms with Gasteiger partial charge in [0.05, 0.1) is 18.0 Å². The second-order valence-corrected chi connectivity index (χ2v) is 9.53. The van der Waals surface area contributed by atoms with E-state index in [2.05, 4.69) is 25.3 Å². The standard InChI is InChI=1S/C25H23F2N7O2/c1-33-9-13-8-25(13,11-33)24(35)31-23-19(36-3)7-18-22(30-23)21(29-12-28-18)16-10-34(2)32-20(16)15-5-4-14(26)6-17(15)27/h4-7,10,12-13H,8-9,11H2,1-3H3,(H,30,31,35)/t13-,25-/m1/s1. The zero-order chi connectivity index (χ0) is 25.2. The van der Waals surface area contributed by atoms with Crippen LogP contribution in [0, 0.1) is 23.0 Å². The van der Waals surface area contributed by atoms with E-state index >= 15 is 0 Å². The van der Waals surface area contributed by atoms with Gasteiger partial charge in [-0.3, -0.25) is 9.48 Å². The first-order chi connectivity index (χ1) is 17.3. The van der Waals surface area contributed by atoms with Crippen LogP contribution in [0.1, 0.15) is 6.42 Å². The molecule has 9 nitrogen and oxygen atoms in total. The third-order valence-electron chi connectivity index (χ3n) is 7.07. The zero-order valence-corrected chi connectivity index (χ0v) is 19.9. The van der Waals surface area contributed by atoms with Crippen LogP contribution in [0.25, 0.3) is 33.5 Å². The smallest absolute Gasteiger partial charge is 0.233 e. The Labute approximate surface area is 205 Å². The number of anilines is 1. The monoisotopic (exact) mass is 491 g/mol. The Hall–Kier alpha value is -3.99. The Bertz CT molecular complexity index is 1540. The van der Waals surface area contributed by atoms with E-state index in [0.717, 1.165) is 19.0 Å². The topological polar surface area (TPSA) is 98.1 Å². The summed E-state index contributed by atoms with van der Waals surface area (Å²) in [5, 5.41) is 7.36. The number of carbonyl (C=O) groups is 1. The number of halogens is 2. The van der Waals surface area contributed by atoms with Crippen molar-refractivity contribution in [1.82, 2.24) is 29.6 Å². The molecule has 0 radical (unpaired) electrons. The molecule has 2 atom stereocenters. The van der Waals surface area contributed by atoms with Crippen molar-refractivity contribution in [2.75, 3.05) is 32.6 Å². The zero-order valence-electron chi connectivity index (χ0n) is 19.9. The van der Waals surface area contributed by atoms with Crippen molar-refractivity contribution in [2.45, 2.75) is 6.42 Å². The Kier molecular flexibility index (Phi) is 5.01. The number of aryl methyl sites for hydroxylation is 1. The lowest BCUT2D eigenvalue weighted by atomic mass is 10.0. The maximum absolute atomic E-state index is 14.7. The molecule has 3 aromatic heterocycles. The van der Waals surface area contributed by atoms with Gasteiger partial charge in [0.25, 0.3) is 0 Å². The van der Waals surface area contributed by atoms with Gasteiger partial charge in [-0.05, 0) is 31.5 Å². The minimum absolute atomic E-state index is 0.0872. The van der Waals surface area contributed by atoms with Crippen molar-refractivity contribution in [2.24, 2.45) is 18.4 Å². The van der Waals surface area contributed by atoms with Crippen LogP contribution < -0.4 is 10.1 Å². The highest BCUT2D eigenvalue weighted by Gasteiger charge is 2.64. The molecule has 2 aliphatic rings. The van der Waals surface area contributed by atoms with Crippen LogP contribution in [0.15, 0.2) is 36.8 Å². The first-order valence-electron chi connectivity index (χ1n) is 11.5. The van der Waals surface area contributed by atoms with E-state index in [0.29, 0.717) is 40.5 Å². The van der Waals surface area contributed by atoms with Gasteiger partial charge in [-0.2, -0.15) is 5.10 Å². The summed E-state index contributed by atoms with van der Waals surface area (Å²) >= 11 is 0. The van der Waals surface area contributed by atoms with Gasteiger partial charge in [0.15, 0.2) is 11.6 Å². The van der Waals surface area contributed by atoms with Gasteiger partial charge in [0.1, 0.15) is 34.9 Å². The fraction of sp³-hybridized carbons (Fsp3) is 0.320. The first kappa shape index (κ1) is 22.5. The summed E-state index contributed by atoms with van der Waals surface area (Å²) < 4.78 is 35.2. The Morgan fingerprint density at radius 2 is 2.00 bits per heavy atom. The molecule has 1 N–H and O–H groups in total. The number of methoxy groups -OCH3 is 1. The lowest BCUT2D eigenvalue weighted by Gasteiger charge is -2.17. The van der Waals surface area contributed by atoms with Crippen LogP contribution in [0.3, 0.4) is 0 Å². The number of amides is 1. The summed E-state index contributed by atoms with van der Waals surface area (Å²) in [6, 6.07) is 5.01. The summed E-state index contributed by atoms with van der Waals surface area (Å²) in [6.45, 7) is 1.60. The van der Waals surface area contributed by atoms with Gasteiger partial charge >= 0.3 is 0 Å². The minimum Gasteiger partial charge on any atom is -0.493 e. The molecule has 36 heavy (non-hydrogen) atoms. The summed E-state index contributed by atoms with van der Waals surface area (Å²) in [4.78, 5) is 28.8. The quantitative estimate of drug-likeness (QED) is 0.458. The first-order valence-corrected chi connectivity index (χ1v) is 11.5. The fourth-order valence-corrected chi connectivity index (χ4v) is 5.27. The Morgan fingerprint density at radius 3 is 2.72 bits per heavy atom. The van der Waals surface area contributed by atoms with Gasteiger partial charge in [0.2, 0.25) is 5.91 Å². The van der Waals surface area contributed by atoms with Crippen LogP contribution in [0.4, 0.5) is 14.6 Å². The lowest BCUT2D eigenvalue weighted by molar-refractivity contribution is -0.121. The normalized spacial score (nSPS) is 21.0. The Morgan fingerprint density at radius 1 is 1.17 bits per heavy atom. The van der Waals surface area contributed by atoms with E-state index < -0.39 is 17.0 Å². The van der Waals surface area contributed by atoms with Gasteiger partial charge in [-0.1, -0.05) is 0 Å². The molecule has 11 heteroatoms. The van der Waals surface area contributed by atoms with E-state index in [-0.39, 0.29) is 23.0 Å². The van der Waals surface area contributed by atoms with Crippen LogP contribution >= 0.6 is 0 Å². The average molecular weight is 492 g/mol. The predicted octanol–water partition coefficient (Wildman–Crippen LogP) is 3.27. The summed E-state index contributed by atoms with van der Waals surface area (Å²) in [7, 11) is 5.21. The van der Waals surface area contributed by atoms with Crippen LogP contribution in [0.2, 0.25) is 0 Å². The summed E-state index contributed by atoms with van der Waals surface area (Å²) in [5.74, 6) is -0.528. The van der Waals surface area contributed by atoms with Crippen molar-refractivity contribution < 1.29 is 18.3 Å². The number of pyridine rings is 1. The van der Waals surface area contributed by atoms with Gasteiger partial charge < -0.3 is 15.0 Å². The van der Waals surface area contributed by atoms with Crippen LogP contribution in [-0.2, 0) is 11.8 Å². The number of nitrogens with zero attached hydrogens (tertiary/aromatic N) is 6. The maximum atomic E-state index is 14.7. The average Bonchev–Trinajstić information content (AvgIpc) is 3.21. The molecule has 4 heterocycles. The second kappa shape index (κ2) is 8.02. The maximum Gasteiger partial charge on any atom is 0.233 e. The van der Waals surface area contributed by atoms with Crippen molar-refractivity contribution in [1.29, 1.82) is 0 Å². The number of fused-ring (bicyclic) bond motifs is 2.